The highest BCUT2D eigenvalue weighted by atomic mass is 16.3. The van der Waals surface area contributed by atoms with E-state index in [0.29, 0.717) is 0 Å². The molecule has 0 radical (unpaired) electrons. The summed E-state index contributed by atoms with van der Waals surface area (Å²) in [6.45, 7) is 0. The first-order valence-corrected chi connectivity index (χ1v) is 13.2. The molecule has 0 aliphatic rings. The van der Waals surface area contributed by atoms with Crippen LogP contribution in [0, 0.1) is 0 Å². The molecule has 0 aliphatic carbocycles. The molecule has 0 amide bonds. The number of hydrogen-bond acceptors (Lipinski definition) is 2. The van der Waals surface area contributed by atoms with Gasteiger partial charge >= 0.3 is 0 Å². The second-order valence-corrected chi connectivity index (χ2v) is 10.5. The average molecular weight is 498 g/mol. The molecule has 4 aromatic heterocycles. The highest BCUT2D eigenvalue weighted by Gasteiger charge is 2.22. The van der Waals surface area contributed by atoms with Crippen LogP contribution in [0.1, 0.15) is 0 Å². The van der Waals surface area contributed by atoms with Crippen molar-refractivity contribution >= 4 is 76.8 Å². The second-order valence-electron chi connectivity index (χ2n) is 10.5. The van der Waals surface area contributed by atoms with Crippen LogP contribution >= 0.6 is 0 Å². The largest absolute Gasteiger partial charge is 0.456 e. The SMILES string of the molecule is c1ccc2cc3c(cc2c1)c1cc(-c2ccc4oc5ccccc5c4c2)cc2c1n3c1nc3ccccc3n21. The Hall–Kier alpha value is -5.35. The zero-order valence-corrected chi connectivity index (χ0v) is 20.7. The minimum absolute atomic E-state index is 0.913. The summed E-state index contributed by atoms with van der Waals surface area (Å²) in [6, 6.07) is 41.1. The van der Waals surface area contributed by atoms with E-state index < -0.39 is 0 Å². The van der Waals surface area contributed by atoms with E-state index in [0.717, 1.165) is 38.7 Å². The highest BCUT2D eigenvalue weighted by Crippen LogP contribution is 2.41. The zero-order valence-electron chi connectivity index (χ0n) is 20.7. The molecule has 10 aromatic rings. The molecule has 4 heteroatoms. The van der Waals surface area contributed by atoms with Gasteiger partial charge in [-0.15, -0.1) is 0 Å². The van der Waals surface area contributed by atoms with E-state index in [-0.39, 0.29) is 0 Å². The summed E-state index contributed by atoms with van der Waals surface area (Å²) in [5.74, 6) is 0.954. The number of rotatable bonds is 1. The van der Waals surface area contributed by atoms with Gasteiger partial charge in [-0.3, -0.25) is 8.80 Å². The van der Waals surface area contributed by atoms with Gasteiger partial charge in [-0.05, 0) is 76.5 Å². The summed E-state index contributed by atoms with van der Waals surface area (Å²) in [7, 11) is 0. The number of benzene rings is 6. The van der Waals surface area contributed by atoms with Gasteiger partial charge in [0.25, 0.3) is 0 Å². The Morgan fingerprint density at radius 2 is 1.26 bits per heavy atom. The van der Waals surface area contributed by atoms with Crippen LogP contribution in [0.5, 0.6) is 0 Å². The van der Waals surface area contributed by atoms with Crippen LogP contribution < -0.4 is 0 Å². The number of aromatic nitrogens is 3. The first-order chi connectivity index (χ1) is 19.3. The lowest BCUT2D eigenvalue weighted by Gasteiger charge is -2.05. The van der Waals surface area contributed by atoms with Gasteiger partial charge in [-0.2, -0.15) is 0 Å². The molecule has 180 valence electrons. The van der Waals surface area contributed by atoms with Crippen molar-refractivity contribution in [2.75, 3.05) is 0 Å². The fraction of sp³-hybridized carbons (Fsp3) is 0. The van der Waals surface area contributed by atoms with Crippen LogP contribution in [0.25, 0.3) is 88.0 Å². The molecular weight excluding hydrogens is 478 g/mol. The predicted octanol–water partition coefficient (Wildman–Crippen LogP) is 9.20. The van der Waals surface area contributed by atoms with Gasteiger partial charge in [-0.25, -0.2) is 4.98 Å². The monoisotopic (exact) mass is 497 g/mol. The lowest BCUT2D eigenvalue weighted by molar-refractivity contribution is 0.669. The molecule has 4 heterocycles. The van der Waals surface area contributed by atoms with E-state index in [1.165, 1.54) is 49.2 Å². The smallest absolute Gasteiger partial charge is 0.220 e. The first-order valence-electron chi connectivity index (χ1n) is 13.2. The summed E-state index contributed by atoms with van der Waals surface area (Å²) in [4.78, 5) is 5.12. The van der Waals surface area contributed by atoms with Gasteiger partial charge in [0.05, 0.1) is 27.6 Å². The Morgan fingerprint density at radius 3 is 2.21 bits per heavy atom. The number of imidazole rings is 2. The molecular formula is C35H19N3O. The Labute approximate surface area is 221 Å². The third kappa shape index (κ3) is 2.42. The van der Waals surface area contributed by atoms with E-state index in [4.69, 9.17) is 9.40 Å². The van der Waals surface area contributed by atoms with Crippen LogP contribution in [0.15, 0.2) is 120 Å². The van der Waals surface area contributed by atoms with E-state index in [1.807, 2.05) is 12.1 Å². The number of para-hydroxylation sites is 3. The standard InChI is InChI=1S/C35H19N3O/c1-2-8-21-18-30-25(15-20(21)7-1)27-17-23(22-13-14-33-26(16-22)24-9-3-6-12-32(24)39-33)19-31-34(27)38(30)35-36-28-10-4-5-11-29(28)37(31)35/h1-19H. The molecule has 0 unspecified atom stereocenters. The lowest BCUT2D eigenvalue weighted by atomic mass is 9.99. The van der Waals surface area contributed by atoms with E-state index >= 15 is 0 Å². The molecule has 0 saturated heterocycles. The summed E-state index contributed by atoms with van der Waals surface area (Å²) in [5.41, 5.74) is 9.89. The number of hydrogen-bond donors (Lipinski definition) is 0. The molecule has 0 spiro atoms. The fourth-order valence-corrected chi connectivity index (χ4v) is 6.66. The number of fused-ring (bicyclic) bond motifs is 12. The summed E-state index contributed by atoms with van der Waals surface area (Å²) < 4.78 is 10.8. The fourth-order valence-electron chi connectivity index (χ4n) is 6.66. The summed E-state index contributed by atoms with van der Waals surface area (Å²) in [5, 5.41) is 7.26. The van der Waals surface area contributed by atoms with Crippen molar-refractivity contribution in [2.24, 2.45) is 0 Å². The molecule has 0 aliphatic heterocycles. The lowest BCUT2D eigenvalue weighted by Crippen LogP contribution is -1.85. The van der Waals surface area contributed by atoms with Crippen LogP contribution in [0.2, 0.25) is 0 Å². The van der Waals surface area contributed by atoms with Crippen molar-refractivity contribution in [1.82, 2.24) is 13.8 Å². The van der Waals surface area contributed by atoms with E-state index in [9.17, 15) is 0 Å². The van der Waals surface area contributed by atoms with Crippen molar-refractivity contribution in [3.63, 3.8) is 0 Å². The molecule has 0 atom stereocenters. The first kappa shape index (κ1) is 19.7. The van der Waals surface area contributed by atoms with Crippen LogP contribution in [-0.2, 0) is 0 Å². The Kier molecular flexibility index (Phi) is 3.41. The van der Waals surface area contributed by atoms with Crippen molar-refractivity contribution in [1.29, 1.82) is 0 Å². The molecule has 6 aromatic carbocycles. The molecule has 10 rings (SSSR count). The minimum Gasteiger partial charge on any atom is -0.456 e. The molecule has 0 bridgehead atoms. The van der Waals surface area contributed by atoms with Gasteiger partial charge in [0.2, 0.25) is 5.78 Å². The van der Waals surface area contributed by atoms with Crippen molar-refractivity contribution in [2.45, 2.75) is 0 Å². The minimum atomic E-state index is 0.913. The Morgan fingerprint density at radius 1 is 0.487 bits per heavy atom. The van der Waals surface area contributed by atoms with Crippen LogP contribution in [-0.4, -0.2) is 13.8 Å². The Bertz CT molecular complexity index is 2610. The van der Waals surface area contributed by atoms with Gasteiger partial charge in [0, 0.05) is 21.5 Å². The van der Waals surface area contributed by atoms with E-state index in [1.54, 1.807) is 0 Å². The third-order valence-corrected chi connectivity index (χ3v) is 8.40. The topological polar surface area (TPSA) is 34.9 Å². The van der Waals surface area contributed by atoms with Gasteiger partial charge < -0.3 is 4.42 Å². The van der Waals surface area contributed by atoms with Crippen molar-refractivity contribution in [3.8, 4) is 11.1 Å². The summed E-state index contributed by atoms with van der Waals surface area (Å²) in [6.07, 6.45) is 0. The number of nitrogens with zero attached hydrogens (tertiary/aromatic N) is 3. The van der Waals surface area contributed by atoms with Crippen molar-refractivity contribution in [3.05, 3.63) is 115 Å². The van der Waals surface area contributed by atoms with Gasteiger partial charge in [-0.1, -0.05) is 60.7 Å². The summed E-state index contributed by atoms with van der Waals surface area (Å²) >= 11 is 0. The maximum atomic E-state index is 6.12. The van der Waals surface area contributed by atoms with Gasteiger partial charge in [0.15, 0.2) is 0 Å². The maximum Gasteiger partial charge on any atom is 0.220 e. The van der Waals surface area contributed by atoms with Gasteiger partial charge in [0.1, 0.15) is 11.2 Å². The molecule has 0 fully saturated rings. The van der Waals surface area contributed by atoms with Crippen LogP contribution in [0.3, 0.4) is 0 Å². The third-order valence-electron chi connectivity index (χ3n) is 8.40. The van der Waals surface area contributed by atoms with E-state index in [2.05, 4.69) is 112 Å². The van der Waals surface area contributed by atoms with Crippen molar-refractivity contribution < 1.29 is 4.42 Å². The molecule has 39 heavy (non-hydrogen) atoms. The normalized spacial score (nSPS) is 12.6. The second kappa shape index (κ2) is 6.74. The average Bonchev–Trinajstić information content (AvgIpc) is 3.71. The number of furan rings is 1. The highest BCUT2D eigenvalue weighted by molar-refractivity contribution is 6.20. The Balaban J connectivity index is 1.40. The molecule has 4 nitrogen and oxygen atoms in total. The quantitative estimate of drug-likeness (QED) is 0.227. The van der Waals surface area contributed by atoms with Crippen LogP contribution in [0.4, 0.5) is 0 Å². The predicted molar refractivity (Wildman–Crippen MR) is 160 cm³/mol. The maximum absolute atomic E-state index is 6.12. The molecule has 0 saturated carbocycles. The molecule has 0 N–H and O–H groups in total. The zero-order chi connectivity index (χ0) is 25.2.